The van der Waals surface area contributed by atoms with Gasteiger partial charge in [0.2, 0.25) is 5.76 Å². The highest BCUT2D eigenvalue weighted by Gasteiger charge is 2.23. The van der Waals surface area contributed by atoms with Crippen LogP contribution in [0.1, 0.15) is 47.9 Å². The van der Waals surface area contributed by atoms with Crippen molar-refractivity contribution in [3.8, 4) is 0 Å². The molecule has 2 rings (SSSR count). The number of hydrogen-bond donors (Lipinski definition) is 0. The minimum absolute atomic E-state index is 0.0337. The Morgan fingerprint density at radius 2 is 2.20 bits per heavy atom. The van der Waals surface area contributed by atoms with E-state index in [1.54, 1.807) is 29.7 Å². The minimum Gasteiger partial charge on any atom is -0.351 e. The standard InChI is InChI=1S/C14H19N3O2S/c1-9(2)5-11-6-12(19-16-11)14(18)17(4)10(3)13-7-15-8-20-13/h6-10H,5H2,1-4H3/t10-/m0/s1. The highest BCUT2D eigenvalue weighted by molar-refractivity contribution is 7.09. The number of nitrogens with zero attached hydrogens (tertiary/aromatic N) is 3. The summed E-state index contributed by atoms with van der Waals surface area (Å²) in [6.07, 6.45) is 2.59. The Balaban J connectivity index is 2.08. The molecule has 6 heteroatoms. The maximum Gasteiger partial charge on any atom is 0.292 e. The quantitative estimate of drug-likeness (QED) is 0.849. The zero-order valence-electron chi connectivity index (χ0n) is 12.2. The maximum atomic E-state index is 12.4. The van der Waals surface area contributed by atoms with Crippen molar-refractivity contribution >= 4 is 17.2 Å². The summed E-state index contributed by atoms with van der Waals surface area (Å²) in [5, 5.41) is 3.95. The van der Waals surface area contributed by atoms with Gasteiger partial charge in [0, 0.05) is 24.2 Å². The number of carbonyl (C=O) groups excluding carboxylic acids is 1. The van der Waals surface area contributed by atoms with Gasteiger partial charge in [0.15, 0.2) is 0 Å². The third kappa shape index (κ3) is 3.25. The Labute approximate surface area is 122 Å². The minimum atomic E-state index is -0.159. The van der Waals surface area contributed by atoms with E-state index in [4.69, 9.17) is 4.52 Å². The van der Waals surface area contributed by atoms with Gasteiger partial charge in [0.1, 0.15) is 0 Å². The molecule has 1 atom stereocenters. The lowest BCUT2D eigenvalue weighted by molar-refractivity contribution is 0.0702. The molecule has 0 radical (unpaired) electrons. The molecule has 0 bridgehead atoms. The first kappa shape index (κ1) is 14.7. The Morgan fingerprint density at radius 3 is 2.80 bits per heavy atom. The lowest BCUT2D eigenvalue weighted by atomic mass is 10.1. The van der Waals surface area contributed by atoms with Crippen LogP contribution in [0.2, 0.25) is 0 Å². The van der Waals surface area contributed by atoms with Crippen molar-refractivity contribution in [3.05, 3.63) is 34.1 Å². The number of thiazole rings is 1. The van der Waals surface area contributed by atoms with Gasteiger partial charge in [-0.3, -0.25) is 9.78 Å². The highest BCUT2D eigenvalue weighted by Crippen LogP contribution is 2.23. The molecule has 108 valence electrons. The first-order chi connectivity index (χ1) is 9.49. The summed E-state index contributed by atoms with van der Waals surface area (Å²) in [7, 11) is 1.76. The second-order valence-corrected chi connectivity index (χ2v) is 6.19. The van der Waals surface area contributed by atoms with Crippen LogP contribution in [0.3, 0.4) is 0 Å². The smallest absolute Gasteiger partial charge is 0.292 e. The van der Waals surface area contributed by atoms with E-state index in [-0.39, 0.29) is 11.9 Å². The second kappa shape index (κ2) is 6.17. The third-order valence-corrected chi connectivity index (χ3v) is 4.10. The fraction of sp³-hybridized carbons (Fsp3) is 0.500. The van der Waals surface area contributed by atoms with Gasteiger partial charge in [0.25, 0.3) is 5.91 Å². The Hall–Kier alpha value is -1.69. The van der Waals surface area contributed by atoms with Crippen molar-refractivity contribution in [3.63, 3.8) is 0 Å². The zero-order chi connectivity index (χ0) is 14.7. The number of aromatic nitrogens is 2. The van der Waals surface area contributed by atoms with E-state index < -0.39 is 0 Å². The fourth-order valence-electron chi connectivity index (χ4n) is 1.90. The molecule has 1 amide bonds. The van der Waals surface area contributed by atoms with Crippen LogP contribution in [0.5, 0.6) is 0 Å². The van der Waals surface area contributed by atoms with E-state index >= 15 is 0 Å². The van der Waals surface area contributed by atoms with Crippen molar-refractivity contribution in [2.45, 2.75) is 33.2 Å². The summed E-state index contributed by atoms with van der Waals surface area (Å²) in [5.41, 5.74) is 2.58. The van der Waals surface area contributed by atoms with E-state index in [1.165, 1.54) is 11.3 Å². The van der Waals surface area contributed by atoms with Crippen molar-refractivity contribution in [2.24, 2.45) is 5.92 Å². The number of carbonyl (C=O) groups is 1. The van der Waals surface area contributed by atoms with Crippen molar-refractivity contribution in [1.82, 2.24) is 15.0 Å². The van der Waals surface area contributed by atoms with E-state index in [0.29, 0.717) is 11.7 Å². The van der Waals surface area contributed by atoms with E-state index in [0.717, 1.165) is 17.0 Å². The zero-order valence-corrected chi connectivity index (χ0v) is 13.0. The van der Waals surface area contributed by atoms with Crippen LogP contribution in [0.15, 0.2) is 22.3 Å². The first-order valence-corrected chi connectivity index (χ1v) is 7.48. The number of amides is 1. The van der Waals surface area contributed by atoms with Gasteiger partial charge in [-0.25, -0.2) is 0 Å². The van der Waals surface area contributed by atoms with Gasteiger partial charge in [-0.1, -0.05) is 19.0 Å². The lowest BCUT2D eigenvalue weighted by Crippen LogP contribution is -2.28. The molecule has 0 unspecified atom stereocenters. The molecule has 0 aromatic carbocycles. The predicted octanol–water partition coefficient (Wildman–Crippen LogP) is 3.16. The lowest BCUT2D eigenvalue weighted by Gasteiger charge is -2.22. The van der Waals surface area contributed by atoms with Gasteiger partial charge in [-0.2, -0.15) is 0 Å². The summed E-state index contributed by atoms with van der Waals surface area (Å²) in [5.74, 6) is 0.616. The van der Waals surface area contributed by atoms with Crippen LogP contribution in [0.4, 0.5) is 0 Å². The van der Waals surface area contributed by atoms with Gasteiger partial charge in [0.05, 0.1) is 17.2 Å². The third-order valence-electron chi connectivity index (χ3n) is 3.15. The molecule has 0 aliphatic carbocycles. The van der Waals surface area contributed by atoms with E-state index in [1.807, 2.05) is 6.92 Å². The molecule has 2 aromatic heterocycles. The summed E-state index contributed by atoms with van der Waals surface area (Å²) >= 11 is 1.53. The predicted molar refractivity (Wildman–Crippen MR) is 77.7 cm³/mol. The van der Waals surface area contributed by atoms with Crippen molar-refractivity contribution in [2.75, 3.05) is 7.05 Å². The van der Waals surface area contributed by atoms with Crippen LogP contribution >= 0.6 is 11.3 Å². The van der Waals surface area contributed by atoms with Crippen LogP contribution in [0.25, 0.3) is 0 Å². The molecular formula is C14H19N3O2S. The number of hydrogen-bond acceptors (Lipinski definition) is 5. The summed E-state index contributed by atoms with van der Waals surface area (Å²) in [6, 6.07) is 1.70. The fourth-order valence-corrected chi connectivity index (χ4v) is 2.62. The highest BCUT2D eigenvalue weighted by atomic mass is 32.1. The van der Waals surface area contributed by atoms with Crippen LogP contribution in [0, 0.1) is 5.92 Å². The second-order valence-electron chi connectivity index (χ2n) is 5.28. The molecule has 0 N–H and O–H groups in total. The molecule has 2 heterocycles. The maximum absolute atomic E-state index is 12.4. The summed E-state index contributed by atoms with van der Waals surface area (Å²) in [6.45, 7) is 6.18. The Kier molecular flexibility index (Phi) is 4.54. The largest absolute Gasteiger partial charge is 0.351 e. The van der Waals surface area contributed by atoms with Crippen LogP contribution < -0.4 is 0 Å². The first-order valence-electron chi connectivity index (χ1n) is 6.60. The molecule has 0 aliphatic heterocycles. The molecular weight excluding hydrogens is 274 g/mol. The van der Waals surface area contributed by atoms with Crippen molar-refractivity contribution < 1.29 is 9.32 Å². The summed E-state index contributed by atoms with van der Waals surface area (Å²) < 4.78 is 5.16. The average molecular weight is 293 g/mol. The van der Waals surface area contributed by atoms with E-state index in [2.05, 4.69) is 24.0 Å². The molecule has 5 nitrogen and oxygen atoms in total. The van der Waals surface area contributed by atoms with Crippen molar-refractivity contribution in [1.29, 1.82) is 0 Å². The van der Waals surface area contributed by atoms with Gasteiger partial charge in [-0.05, 0) is 19.3 Å². The average Bonchev–Trinajstić information content (AvgIpc) is 3.06. The van der Waals surface area contributed by atoms with Gasteiger partial charge < -0.3 is 9.42 Å². The molecule has 0 spiro atoms. The molecule has 0 fully saturated rings. The number of rotatable bonds is 5. The van der Waals surface area contributed by atoms with Gasteiger partial charge >= 0.3 is 0 Å². The normalized spacial score (nSPS) is 12.7. The van der Waals surface area contributed by atoms with Gasteiger partial charge in [-0.15, -0.1) is 11.3 Å². The topological polar surface area (TPSA) is 59.2 Å². The molecule has 2 aromatic rings. The monoisotopic (exact) mass is 293 g/mol. The molecule has 0 saturated carbocycles. The molecule has 0 aliphatic rings. The SMILES string of the molecule is CC(C)Cc1cc(C(=O)N(C)[C@@H](C)c2cncs2)on1. The Morgan fingerprint density at radius 1 is 1.45 bits per heavy atom. The summed E-state index contributed by atoms with van der Waals surface area (Å²) in [4.78, 5) is 19.1. The Bertz CT molecular complexity index is 563. The molecule has 0 saturated heterocycles. The van der Waals surface area contributed by atoms with Crippen LogP contribution in [-0.4, -0.2) is 28.0 Å². The molecule has 20 heavy (non-hydrogen) atoms. The van der Waals surface area contributed by atoms with Crippen LogP contribution in [-0.2, 0) is 6.42 Å². The van der Waals surface area contributed by atoms with E-state index in [9.17, 15) is 4.79 Å².